The maximum absolute atomic E-state index is 3.78. The van der Waals surface area contributed by atoms with Crippen LogP contribution >= 0.6 is 0 Å². The zero-order chi connectivity index (χ0) is 14.2. The van der Waals surface area contributed by atoms with E-state index in [0.29, 0.717) is 5.41 Å². The molecule has 1 heteroatoms. The number of rotatable bonds is 4. The topological polar surface area (TPSA) is 12.0 Å². The Kier molecular flexibility index (Phi) is 3.66. The third-order valence-electron chi connectivity index (χ3n) is 5.23. The van der Waals surface area contributed by atoms with Crippen LogP contribution in [-0.2, 0) is 10.8 Å². The van der Waals surface area contributed by atoms with E-state index in [1.165, 1.54) is 50.6 Å². The van der Waals surface area contributed by atoms with Crippen LogP contribution in [0, 0.1) is 0 Å². The highest BCUT2D eigenvalue weighted by atomic mass is 15.0. The summed E-state index contributed by atoms with van der Waals surface area (Å²) in [5.74, 6) is 0. The number of nitrogens with one attached hydrogen (secondary N) is 1. The standard InChI is InChI=1S/C19H29N/c1-18(2,3)15-6-8-16(9-7-15)19(12-4-5-13-19)14-20-17-10-11-17/h6-9,17,20H,4-5,10-14H2,1-3H3. The molecule has 0 aliphatic heterocycles. The predicted octanol–water partition coefficient (Wildman–Crippen LogP) is 4.55. The van der Waals surface area contributed by atoms with Crippen molar-refractivity contribution in [3.05, 3.63) is 35.4 Å². The van der Waals surface area contributed by atoms with Gasteiger partial charge in [-0.2, -0.15) is 0 Å². The Hall–Kier alpha value is -0.820. The van der Waals surface area contributed by atoms with Crippen LogP contribution in [0.15, 0.2) is 24.3 Å². The SMILES string of the molecule is CC(C)(C)c1ccc(C2(CNC3CC3)CCCC2)cc1. The summed E-state index contributed by atoms with van der Waals surface area (Å²) in [6.07, 6.45) is 8.29. The van der Waals surface area contributed by atoms with E-state index in [1.807, 2.05) is 0 Å². The minimum absolute atomic E-state index is 0.258. The fourth-order valence-corrected chi connectivity index (χ4v) is 3.57. The smallest absolute Gasteiger partial charge is 0.00778 e. The van der Waals surface area contributed by atoms with E-state index >= 15 is 0 Å². The summed E-state index contributed by atoms with van der Waals surface area (Å²) in [6.45, 7) is 8.07. The van der Waals surface area contributed by atoms with Crippen molar-refractivity contribution in [2.24, 2.45) is 0 Å². The molecule has 0 radical (unpaired) electrons. The summed E-state index contributed by atoms with van der Waals surface area (Å²) in [5, 5.41) is 3.78. The van der Waals surface area contributed by atoms with Gasteiger partial charge in [0.15, 0.2) is 0 Å². The molecule has 2 fully saturated rings. The molecule has 0 amide bonds. The molecule has 0 atom stereocenters. The average Bonchev–Trinajstić information content (AvgIpc) is 3.13. The van der Waals surface area contributed by atoms with Gasteiger partial charge in [-0.1, -0.05) is 57.9 Å². The molecule has 0 heterocycles. The van der Waals surface area contributed by atoms with Crippen molar-refractivity contribution >= 4 is 0 Å². The van der Waals surface area contributed by atoms with Crippen molar-refractivity contribution in [1.82, 2.24) is 5.32 Å². The molecule has 2 aliphatic carbocycles. The van der Waals surface area contributed by atoms with E-state index in [1.54, 1.807) is 5.56 Å². The summed E-state index contributed by atoms with van der Waals surface area (Å²) in [4.78, 5) is 0. The molecular weight excluding hydrogens is 242 g/mol. The molecule has 0 saturated heterocycles. The van der Waals surface area contributed by atoms with Crippen LogP contribution in [0.4, 0.5) is 0 Å². The van der Waals surface area contributed by atoms with Crippen LogP contribution < -0.4 is 5.32 Å². The van der Waals surface area contributed by atoms with E-state index in [4.69, 9.17) is 0 Å². The maximum Gasteiger partial charge on any atom is 0.00778 e. The minimum Gasteiger partial charge on any atom is -0.313 e. The Morgan fingerprint density at radius 1 is 1.05 bits per heavy atom. The quantitative estimate of drug-likeness (QED) is 0.847. The van der Waals surface area contributed by atoms with E-state index in [2.05, 4.69) is 50.4 Å². The summed E-state index contributed by atoms with van der Waals surface area (Å²) < 4.78 is 0. The van der Waals surface area contributed by atoms with Gasteiger partial charge in [0.05, 0.1) is 0 Å². The lowest BCUT2D eigenvalue weighted by Crippen LogP contribution is -2.37. The van der Waals surface area contributed by atoms with Gasteiger partial charge in [0.1, 0.15) is 0 Å². The maximum atomic E-state index is 3.78. The van der Waals surface area contributed by atoms with Crippen LogP contribution in [0.2, 0.25) is 0 Å². The summed E-state index contributed by atoms with van der Waals surface area (Å²) in [6, 6.07) is 10.3. The van der Waals surface area contributed by atoms with E-state index in [9.17, 15) is 0 Å². The molecule has 20 heavy (non-hydrogen) atoms. The summed E-state index contributed by atoms with van der Waals surface area (Å²) in [7, 11) is 0. The van der Waals surface area contributed by atoms with Crippen LogP contribution in [0.5, 0.6) is 0 Å². The molecule has 3 rings (SSSR count). The first kappa shape index (κ1) is 14.1. The Bertz CT molecular complexity index is 442. The molecule has 1 aromatic rings. The molecule has 1 nitrogen and oxygen atoms in total. The monoisotopic (exact) mass is 271 g/mol. The van der Waals surface area contributed by atoms with Gasteiger partial charge in [-0.3, -0.25) is 0 Å². The molecule has 110 valence electrons. The van der Waals surface area contributed by atoms with Crippen molar-refractivity contribution < 1.29 is 0 Å². The van der Waals surface area contributed by atoms with E-state index in [0.717, 1.165) is 6.04 Å². The second-order valence-electron chi connectivity index (χ2n) is 7.97. The molecule has 2 saturated carbocycles. The first-order valence-corrected chi connectivity index (χ1v) is 8.34. The van der Waals surface area contributed by atoms with Gasteiger partial charge in [-0.25, -0.2) is 0 Å². The Morgan fingerprint density at radius 2 is 1.65 bits per heavy atom. The van der Waals surface area contributed by atoms with Gasteiger partial charge >= 0.3 is 0 Å². The number of hydrogen-bond donors (Lipinski definition) is 1. The second kappa shape index (κ2) is 5.18. The molecule has 1 aromatic carbocycles. The fraction of sp³-hybridized carbons (Fsp3) is 0.684. The molecule has 0 bridgehead atoms. The largest absolute Gasteiger partial charge is 0.313 e. The van der Waals surface area contributed by atoms with Crippen LogP contribution in [0.25, 0.3) is 0 Å². The lowest BCUT2D eigenvalue weighted by atomic mass is 9.77. The molecule has 0 spiro atoms. The van der Waals surface area contributed by atoms with Gasteiger partial charge in [-0.05, 0) is 42.2 Å². The molecule has 1 N–H and O–H groups in total. The Labute approximate surface area is 124 Å². The van der Waals surface area contributed by atoms with Gasteiger partial charge in [0.25, 0.3) is 0 Å². The molecule has 2 aliphatic rings. The zero-order valence-electron chi connectivity index (χ0n) is 13.3. The van der Waals surface area contributed by atoms with Gasteiger partial charge in [-0.15, -0.1) is 0 Å². The summed E-state index contributed by atoms with van der Waals surface area (Å²) >= 11 is 0. The highest BCUT2D eigenvalue weighted by Gasteiger charge is 2.37. The zero-order valence-corrected chi connectivity index (χ0v) is 13.3. The van der Waals surface area contributed by atoms with Gasteiger partial charge in [0.2, 0.25) is 0 Å². The first-order chi connectivity index (χ1) is 9.50. The normalized spacial score (nSPS) is 22.1. The van der Waals surface area contributed by atoms with Crippen molar-refractivity contribution in [3.63, 3.8) is 0 Å². The Balaban J connectivity index is 1.79. The van der Waals surface area contributed by atoms with Gasteiger partial charge < -0.3 is 5.32 Å². The van der Waals surface area contributed by atoms with Crippen LogP contribution in [0.3, 0.4) is 0 Å². The van der Waals surface area contributed by atoms with Crippen molar-refractivity contribution in [3.8, 4) is 0 Å². The first-order valence-electron chi connectivity index (χ1n) is 8.34. The van der Waals surface area contributed by atoms with Crippen molar-refractivity contribution in [2.75, 3.05) is 6.54 Å². The minimum atomic E-state index is 0.258. The van der Waals surface area contributed by atoms with E-state index in [-0.39, 0.29) is 5.41 Å². The second-order valence-corrected chi connectivity index (χ2v) is 7.97. The molecular formula is C19H29N. The van der Waals surface area contributed by atoms with Crippen molar-refractivity contribution in [1.29, 1.82) is 0 Å². The lowest BCUT2D eigenvalue weighted by Gasteiger charge is -2.31. The summed E-state index contributed by atoms with van der Waals surface area (Å²) in [5.41, 5.74) is 3.69. The van der Waals surface area contributed by atoms with Crippen LogP contribution in [0.1, 0.15) is 70.4 Å². The number of benzene rings is 1. The highest BCUT2D eigenvalue weighted by Crippen LogP contribution is 2.41. The Morgan fingerprint density at radius 3 is 2.15 bits per heavy atom. The van der Waals surface area contributed by atoms with Crippen LogP contribution in [-0.4, -0.2) is 12.6 Å². The lowest BCUT2D eigenvalue weighted by molar-refractivity contribution is 0.403. The number of hydrogen-bond acceptors (Lipinski definition) is 1. The third kappa shape index (κ3) is 2.93. The van der Waals surface area contributed by atoms with Crippen molar-refractivity contribution in [2.45, 2.75) is 76.2 Å². The molecule has 0 unspecified atom stereocenters. The van der Waals surface area contributed by atoms with E-state index < -0.39 is 0 Å². The predicted molar refractivity (Wildman–Crippen MR) is 86.3 cm³/mol. The average molecular weight is 271 g/mol. The third-order valence-corrected chi connectivity index (χ3v) is 5.23. The molecule has 0 aromatic heterocycles. The highest BCUT2D eigenvalue weighted by molar-refractivity contribution is 5.33. The fourth-order valence-electron chi connectivity index (χ4n) is 3.57. The van der Waals surface area contributed by atoms with Gasteiger partial charge in [0, 0.05) is 18.0 Å².